The molecular formula is C16H22N4O. The van der Waals surface area contributed by atoms with Gasteiger partial charge in [0.15, 0.2) is 0 Å². The van der Waals surface area contributed by atoms with Gasteiger partial charge in [-0.05, 0) is 30.5 Å². The molecule has 5 heteroatoms. The van der Waals surface area contributed by atoms with Crippen LogP contribution in [-0.4, -0.2) is 36.0 Å². The van der Waals surface area contributed by atoms with E-state index in [4.69, 9.17) is 10.5 Å². The van der Waals surface area contributed by atoms with Crippen molar-refractivity contribution < 1.29 is 4.74 Å². The lowest BCUT2D eigenvalue weighted by Gasteiger charge is -2.31. The molecule has 1 unspecified atom stereocenters. The molecule has 3 rings (SSSR count). The van der Waals surface area contributed by atoms with Crippen molar-refractivity contribution in [2.24, 2.45) is 5.73 Å². The molecule has 1 fully saturated rings. The molecule has 1 atom stereocenters. The Hall–Kier alpha value is -2.01. The van der Waals surface area contributed by atoms with Gasteiger partial charge in [0.1, 0.15) is 5.75 Å². The van der Waals surface area contributed by atoms with E-state index in [9.17, 15) is 0 Å². The van der Waals surface area contributed by atoms with Gasteiger partial charge in [0.2, 0.25) is 0 Å². The van der Waals surface area contributed by atoms with E-state index < -0.39 is 0 Å². The van der Waals surface area contributed by atoms with E-state index in [1.54, 1.807) is 7.11 Å². The minimum atomic E-state index is 0.281. The summed E-state index contributed by atoms with van der Waals surface area (Å²) in [6.45, 7) is 2.76. The molecule has 2 N–H and O–H groups in total. The van der Waals surface area contributed by atoms with Gasteiger partial charge < -0.3 is 15.4 Å². The summed E-state index contributed by atoms with van der Waals surface area (Å²) in [7, 11) is 1.68. The molecule has 2 aromatic rings. The van der Waals surface area contributed by atoms with Crippen LogP contribution >= 0.6 is 0 Å². The number of hydrogen-bond donors (Lipinski definition) is 1. The van der Waals surface area contributed by atoms with Gasteiger partial charge >= 0.3 is 0 Å². The minimum Gasteiger partial charge on any atom is -0.497 e. The Kier molecular flexibility index (Phi) is 4.10. The van der Waals surface area contributed by atoms with Crippen LogP contribution in [0.25, 0.3) is 0 Å². The number of ether oxygens (including phenoxy) is 1. The second kappa shape index (κ2) is 6.18. The molecule has 0 amide bonds. The first kappa shape index (κ1) is 13.9. The van der Waals surface area contributed by atoms with E-state index in [2.05, 4.69) is 28.3 Å². The summed E-state index contributed by atoms with van der Waals surface area (Å²) in [5.41, 5.74) is 8.41. The Balaban J connectivity index is 1.66. The summed E-state index contributed by atoms with van der Waals surface area (Å²) in [5.74, 6) is 0.877. The number of anilines is 1. The number of methoxy groups -OCH3 is 1. The SMILES string of the molecule is COc1ccc(Cn2cc(N3CCCC(N)C3)cn2)cc1. The van der Waals surface area contributed by atoms with E-state index in [1.165, 1.54) is 11.3 Å². The first-order valence-electron chi connectivity index (χ1n) is 7.40. The Morgan fingerprint density at radius 3 is 2.86 bits per heavy atom. The first-order valence-corrected chi connectivity index (χ1v) is 7.40. The molecule has 1 aromatic heterocycles. The van der Waals surface area contributed by atoms with Crippen molar-refractivity contribution in [1.82, 2.24) is 9.78 Å². The molecule has 21 heavy (non-hydrogen) atoms. The van der Waals surface area contributed by atoms with Gasteiger partial charge in [-0.1, -0.05) is 12.1 Å². The molecule has 0 aliphatic carbocycles. The van der Waals surface area contributed by atoms with Crippen molar-refractivity contribution in [2.75, 3.05) is 25.1 Å². The Morgan fingerprint density at radius 2 is 2.14 bits per heavy atom. The lowest BCUT2D eigenvalue weighted by Crippen LogP contribution is -2.42. The Labute approximate surface area is 125 Å². The van der Waals surface area contributed by atoms with E-state index in [0.717, 1.165) is 38.2 Å². The molecule has 5 nitrogen and oxygen atoms in total. The average molecular weight is 286 g/mol. The van der Waals surface area contributed by atoms with Crippen LogP contribution in [-0.2, 0) is 6.54 Å². The quantitative estimate of drug-likeness (QED) is 0.932. The molecule has 1 aliphatic rings. The predicted molar refractivity (Wildman–Crippen MR) is 83.7 cm³/mol. The van der Waals surface area contributed by atoms with Gasteiger partial charge in [0.25, 0.3) is 0 Å². The third-order valence-corrected chi connectivity index (χ3v) is 3.95. The van der Waals surface area contributed by atoms with Crippen molar-refractivity contribution in [3.8, 4) is 5.75 Å². The molecule has 0 spiro atoms. The first-order chi connectivity index (χ1) is 10.2. The molecule has 0 saturated carbocycles. The number of piperidine rings is 1. The molecule has 112 valence electrons. The van der Waals surface area contributed by atoms with Crippen LogP contribution in [0.1, 0.15) is 18.4 Å². The van der Waals surface area contributed by atoms with Gasteiger partial charge in [0, 0.05) is 25.3 Å². The number of nitrogens with two attached hydrogens (primary N) is 1. The second-order valence-electron chi connectivity index (χ2n) is 5.59. The van der Waals surface area contributed by atoms with E-state index in [-0.39, 0.29) is 6.04 Å². The third-order valence-electron chi connectivity index (χ3n) is 3.95. The zero-order chi connectivity index (χ0) is 14.7. The highest BCUT2D eigenvalue weighted by molar-refractivity contribution is 5.43. The topological polar surface area (TPSA) is 56.3 Å². The van der Waals surface area contributed by atoms with E-state index in [0.29, 0.717) is 0 Å². The summed E-state index contributed by atoms with van der Waals surface area (Å²) >= 11 is 0. The molecule has 0 bridgehead atoms. The summed E-state index contributed by atoms with van der Waals surface area (Å²) in [5, 5.41) is 4.46. The zero-order valence-electron chi connectivity index (χ0n) is 12.4. The highest BCUT2D eigenvalue weighted by Gasteiger charge is 2.18. The highest BCUT2D eigenvalue weighted by Crippen LogP contribution is 2.19. The lowest BCUT2D eigenvalue weighted by atomic mass is 10.1. The van der Waals surface area contributed by atoms with Gasteiger partial charge in [-0.2, -0.15) is 5.10 Å². The number of rotatable bonds is 4. The second-order valence-corrected chi connectivity index (χ2v) is 5.59. The van der Waals surface area contributed by atoms with Gasteiger partial charge in [-0.15, -0.1) is 0 Å². The molecule has 0 radical (unpaired) electrons. The van der Waals surface area contributed by atoms with Gasteiger partial charge in [-0.3, -0.25) is 4.68 Å². The fourth-order valence-electron chi connectivity index (χ4n) is 2.76. The van der Waals surface area contributed by atoms with Crippen molar-refractivity contribution in [1.29, 1.82) is 0 Å². The molecule has 2 heterocycles. The average Bonchev–Trinajstić information content (AvgIpc) is 2.97. The monoisotopic (exact) mass is 286 g/mol. The van der Waals surface area contributed by atoms with Gasteiger partial charge in [0.05, 0.1) is 25.5 Å². The van der Waals surface area contributed by atoms with Crippen molar-refractivity contribution in [3.05, 3.63) is 42.2 Å². The van der Waals surface area contributed by atoms with Crippen LogP contribution in [0, 0.1) is 0 Å². The largest absolute Gasteiger partial charge is 0.497 e. The maximum Gasteiger partial charge on any atom is 0.118 e. The number of nitrogens with zero attached hydrogens (tertiary/aromatic N) is 3. The summed E-state index contributed by atoms with van der Waals surface area (Å²) in [4.78, 5) is 2.33. The zero-order valence-corrected chi connectivity index (χ0v) is 12.4. The van der Waals surface area contributed by atoms with Crippen molar-refractivity contribution in [2.45, 2.75) is 25.4 Å². The molecule has 1 aliphatic heterocycles. The van der Waals surface area contributed by atoms with Crippen LogP contribution < -0.4 is 15.4 Å². The summed E-state index contributed by atoms with van der Waals surface area (Å²) in [6, 6.07) is 8.37. The fraction of sp³-hybridized carbons (Fsp3) is 0.438. The van der Waals surface area contributed by atoms with E-state index >= 15 is 0 Å². The summed E-state index contributed by atoms with van der Waals surface area (Å²) in [6.07, 6.45) is 6.31. The van der Waals surface area contributed by atoms with Crippen LogP contribution in [0.2, 0.25) is 0 Å². The molecule has 1 aromatic carbocycles. The number of benzene rings is 1. The minimum absolute atomic E-state index is 0.281. The Bertz CT molecular complexity index is 578. The molecule has 1 saturated heterocycles. The predicted octanol–water partition coefficient (Wildman–Crippen LogP) is 1.87. The maximum atomic E-state index is 6.04. The fourth-order valence-corrected chi connectivity index (χ4v) is 2.76. The lowest BCUT2D eigenvalue weighted by molar-refractivity contribution is 0.414. The normalized spacial score (nSPS) is 18.8. The number of hydrogen-bond acceptors (Lipinski definition) is 4. The van der Waals surface area contributed by atoms with Crippen LogP contribution in [0.3, 0.4) is 0 Å². The molecular weight excluding hydrogens is 264 g/mol. The third kappa shape index (κ3) is 3.36. The van der Waals surface area contributed by atoms with Crippen LogP contribution in [0.4, 0.5) is 5.69 Å². The maximum absolute atomic E-state index is 6.04. The summed E-state index contributed by atoms with van der Waals surface area (Å²) < 4.78 is 7.14. The van der Waals surface area contributed by atoms with Crippen molar-refractivity contribution >= 4 is 5.69 Å². The Morgan fingerprint density at radius 1 is 1.33 bits per heavy atom. The van der Waals surface area contributed by atoms with Gasteiger partial charge in [-0.25, -0.2) is 0 Å². The highest BCUT2D eigenvalue weighted by atomic mass is 16.5. The number of aromatic nitrogens is 2. The standard InChI is InChI=1S/C16H22N4O/c1-21-16-6-4-13(5-7-16)10-20-12-15(9-18-20)19-8-2-3-14(17)11-19/h4-7,9,12,14H,2-3,8,10-11,17H2,1H3. The van der Waals surface area contributed by atoms with Crippen LogP contribution in [0.15, 0.2) is 36.7 Å². The van der Waals surface area contributed by atoms with Crippen LogP contribution in [0.5, 0.6) is 5.75 Å². The smallest absolute Gasteiger partial charge is 0.118 e. The van der Waals surface area contributed by atoms with Crippen molar-refractivity contribution in [3.63, 3.8) is 0 Å². The van der Waals surface area contributed by atoms with E-state index in [1.807, 2.05) is 23.0 Å².